The van der Waals surface area contributed by atoms with Crippen molar-refractivity contribution >= 4 is 0 Å². The summed E-state index contributed by atoms with van der Waals surface area (Å²) < 4.78 is 0. The van der Waals surface area contributed by atoms with E-state index in [9.17, 15) is 0 Å². The molecule has 1 aliphatic rings. The van der Waals surface area contributed by atoms with Gasteiger partial charge in [-0.2, -0.15) is 0 Å². The average molecular weight is 224 g/mol. The van der Waals surface area contributed by atoms with E-state index in [4.69, 9.17) is 10.7 Å². The molecule has 1 atom stereocenters. The summed E-state index contributed by atoms with van der Waals surface area (Å²) in [6, 6.07) is 12.8. The first-order valence-corrected chi connectivity index (χ1v) is 6.09. The van der Waals surface area contributed by atoms with Gasteiger partial charge in [0.15, 0.2) is 0 Å². The number of aromatic nitrogens is 1. The third-order valence-corrected chi connectivity index (χ3v) is 3.40. The third kappa shape index (κ3) is 1.75. The third-order valence-electron chi connectivity index (χ3n) is 3.40. The molecule has 1 aliphatic carbocycles. The van der Waals surface area contributed by atoms with Crippen LogP contribution in [-0.2, 0) is 12.8 Å². The summed E-state index contributed by atoms with van der Waals surface area (Å²) in [5, 5.41) is 0. The lowest BCUT2D eigenvalue weighted by Crippen LogP contribution is -2.11. The molecule has 0 saturated heterocycles. The number of nitrogens with two attached hydrogens (primary N) is 1. The molecule has 0 saturated carbocycles. The Balaban J connectivity index is 2.19. The number of rotatable bonds is 1. The first kappa shape index (κ1) is 10.5. The number of aryl methyl sites for hydroxylation is 2. The van der Waals surface area contributed by atoms with Gasteiger partial charge in [0.1, 0.15) is 0 Å². The van der Waals surface area contributed by atoms with E-state index in [1.54, 1.807) is 0 Å². The fraction of sp³-hybridized carbons (Fsp3) is 0.267. The molecule has 1 aromatic heterocycles. The van der Waals surface area contributed by atoms with Crippen LogP contribution in [0.1, 0.15) is 29.8 Å². The van der Waals surface area contributed by atoms with Gasteiger partial charge < -0.3 is 5.73 Å². The second kappa shape index (κ2) is 3.97. The van der Waals surface area contributed by atoms with Crippen molar-refractivity contribution in [2.75, 3.05) is 0 Å². The first-order valence-electron chi connectivity index (χ1n) is 6.09. The summed E-state index contributed by atoms with van der Waals surface area (Å²) in [5.74, 6) is 0. The number of hydrogen-bond acceptors (Lipinski definition) is 2. The van der Waals surface area contributed by atoms with Gasteiger partial charge in [0, 0.05) is 11.6 Å². The fourth-order valence-electron chi connectivity index (χ4n) is 2.43. The van der Waals surface area contributed by atoms with Gasteiger partial charge in [-0.05, 0) is 37.0 Å². The van der Waals surface area contributed by atoms with Crippen molar-refractivity contribution in [3.63, 3.8) is 0 Å². The normalized spacial score (nSPS) is 14.9. The zero-order chi connectivity index (χ0) is 11.8. The SMILES string of the molecule is C[C@@H](N)c1ccc2c(n1)-c1ccccc1CC2. The van der Waals surface area contributed by atoms with Crippen LogP contribution in [-0.4, -0.2) is 4.98 Å². The van der Waals surface area contributed by atoms with Crippen LogP contribution in [0.2, 0.25) is 0 Å². The smallest absolute Gasteiger partial charge is 0.0740 e. The Labute approximate surface area is 102 Å². The van der Waals surface area contributed by atoms with Gasteiger partial charge in [-0.3, -0.25) is 4.98 Å². The number of benzene rings is 1. The standard InChI is InChI=1S/C15H16N2/c1-10(16)14-9-8-12-7-6-11-4-2-3-5-13(11)15(12)17-14/h2-5,8-10H,6-7,16H2,1H3/t10-/m1/s1. The number of hydrogen-bond donors (Lipinski definition) is 1. The Bertz CT molecular complexity index is 559. The van der Waals surface area contributed by atoms with Crippen molar-refractivity contribution in [1.82, 2.24) is 4.98 Å². The van der Waals surface area contributed by atoms with E-state index in [-0.39, 0.29) is 6.04 Å². The summed E-state index contributed by atoms with van der Waals surface area (Å²) in [7, 11) is 0. The first-order chi connectivity index (χ1) is 8.25. The van der Waals surface area contributed by atoms with Gasteiger partial charge in [-0.1, -0.05) is 30.3 Å². The molecule has 0 spiro atoms. The Morgan fingerprint density at radius 1 is 1.06 bits per heavy atom. The molecule has 0 bridgehead atoms. The average Bonchev–Trinajstić information content (AvgIpc) is 2.38. The Kier molecular flexibility index (Phi) is 2.45. The van der Waals surface area contributed by atoms with E-state index in [2.05, 4.69) is 36.4 Å². The predicted octanol–water partition coefficient (Wildman–Crippen LogP) is 2.87. The molecule has 2 N–H and O–H groups in total. The molecule has 2 aromatic rings. The molecule has 1 aromatic carbocycles. The minimum Gasteiger partial charge on any atom is -0.323 e. The summed E-state index contributed by atoms with van der Waals surface area (Å²) in [6.07, 6.45) is 2.20. The minimum absolute atomic E-state index is 0.00520. The van der Waals surface area contributed by atoms with Gasteiger partial charge >= 0.3 is 0 Å². The Hall–Kier alpha value is -1.67. The van der Waals surface area contributed by atoms with Crippen LogP contribution in [0.15, 0.2) is 36.4 Å². The zero-order valence-electron chi connectivity index (χ0n) is 9.98. The number of pyridine rings is 1. The van der Waals surface area contributed by atoms with Gasteiger partial charge in [-0.25, -0.2) is 0 Å². The van der Waals surface area contributed by atoms with Crippen LogP contribution in [0.25, 0.3) is 11.3 Å². The van der Waals surface area contributed by atoms with Crippen molar-refractivity contribution in [2.45, 2.75) is 25.8 Å². The highest BCUT2D eigenvalue weighted by atomic mass is 14.8. The van der Waals surface area contributed by atoms with Crippen molar-refractivity contribution in [1.29, 1.82) is 0 Å². The lowest BCUT2D eigenvalue weighted by Gasteiger charge is -2.20. The van der Waals surface area contributed by atoms with E-state index >= 15 is 0 Å². The molecule has 0 amide bonds. The van der Waals surface area contributed by atoms with E-state index in [1.165, 1.54) is 16.7 Å². The molecule has 86 valence electrons. The maximum Gasteiger partial charge on any atom is 0.0740 e. The lowest BCUT2D eigenvalue weighted by atomic mass is 9.89. The zero-order valence-corrected chi connectivity index (χ0v) is 9.98. The van der Waals surface area contributed by atoms with Crippen molar-refractivity contribution in [2.24, 2.45) is 5.73 Å². The van der Waals surface area contributed by atoms with Crippen molar-refractivity contribution in [3.05, 3.63) is 53.2 Å². The molecular weight excluding hydrogens is 208 g/mol. The van der Waals surface area contributed by atoms with E-state index < -0.39 is 0 Å². The lowest BCUT2D eigenvalue weighted by molar-refractivity contribution is 0.776. The molecule has 1 heterocycles. The topological polar surface area (TPSA) is 38.9 Å². The maximum absolute atomic E-state index is 5.90. The second-order valence-electron chi connectivity index (χ2n) is 4.69. The van der Waals surface area contributed by atoms with E-state index in [0.29, 0.717) is 0 Å². The van der Waals surface area contributed by atoms with Crippen LogP contribution in [0.3, 0.4) is 0 Å². The molecule has 0 unspecified atom stereocenters. The van der Waals surface area contributed by atoms with Crippen molar-refractivity contribution < 1.29 is 0 Å². The highest BCUT2D eigenvalue weighted by Crippen LogP contribution is 2.32. The van der Waals surface area contributed by atoms with Crippen LogP contribution in [0.4, 0.5) is 0 Å². The van der Waals surface area contributed by atoms with Crippen LogP contribution in [0, 0.1) is 0 Å². The summed E-state index contributed by atoms with van der Waals surface area (Å²) >= 11 is 0. The molecular formula is C15H16N2. The fourth-order valence-corrected chi connectivity index (χ4v) is 2.43. The quantitative estimate of drug-likeness (QED) is 0.809. The maximum atomic E-state index is 5.90. The molecule has 0 radical (unpaired) electrons. The number of fused-ring (bicyclic) bond motifs is 3. The van der Waals surface area contributed by atoms with E-state index in [1.807, 2.05) is 6.92 Å². The molecule has 0 aliphatic heterocycles. The Morgan fingerprint density at radius 2 is 1.82 bits per heavy atom. The number of nitrogens with zero attached hydrogens (tertiary/aromatic N) is 1. The van der Waals surface area contributed by atoms with Crippen LogP contribution >= 0.6 is 0 Å². The summed E-state index contributed by atoms with van der Waals surface area (Å²) in [5.41, 5.74) is 12.0. The largest absolute Gasteiger partial charge is 0.323 e. The van der Waals surface area contributed by atoms with Gasteiger partial charge in [-0.15, -0.1) is 0 Å². The highest BCUT2D eigenvalue weighted by Gasteiger charge is 2.17. The van der Waals surface area contributed by atoms with Gasteiger partial charge in [0.25, 0.3) is 0 Å². The second-order valence-corrected chi connectivity index (χ2v) is 4.69. The Morgan fingerprint density at radius 3 is 2.65 bits per heavy atom. The predicted molar refractivity (Wildman–Crippen MR) is 69.7 cm³/mol. The monoisotopic (exact) mass is 224 g/mol. The van der Waals surface area contributed by atoms with Gasteiger partial charge in [0.05, 0.1) is 11.4 Å². The van der Waals surface area contributed by atoms with Crippen LogP contribution < -0.4 is 5.73 Å². The highest BCUT2D eigenvalue weighted by molar-refractivity contribution is 5.69. The summed E-state index contributed by atoms with van der Waals surface area (Å²) in [4.78, 5) is 4.73. The molecule has 17 heavy (non-hydrogen) atoms. The molecule has 2 heteroatoms. The molecule has 0 fully saturated rings. The summed E-state index contributed by atoms with van der Waals surface area (Å²) in [6.45, 7) is 1.98. The van der Waals surface area contributed by atoms with Crippen molar-refractivity contribution in [3.8, 4) is 11.3 Å². The van der Waals surface area contributed by atoms with Crippen LogP contribution in [0.5, 0.6) is 0 Å². The minimum atomic E-state index is -0.00520. The van der Waals surface area contributed by atoms with E-state index in [0.717, 1.165) is 24.2 Å². The van der Waals surface area contributed by atoms with Gasteiger partial charge in [0.2, 0.25) is 0 Å². The molecule has 3 rings (SSSR count). The molecule has 2 nitrogen and oxygen atoms in total.